The van der Waals surface area contributed by atoms with E-state index in [1.54, 1.807) is 0 Å². The number of amides is 2. The zero-order valence-electron chi connectivity index (χ0n) is 15.4. The van der Waals surface area contributed by atoms with E-state index in [0.717, 1.165) is 0 Å². The number of hydrogen-bond acceptors (Lipinski definition) is 4. The summed E-state index contributed by atoms with van der Waals surface area (Å²) in [5, 5.41) is 0. The second-order valence-corrected chi connectivity index (χ2v) is 5.23. The van der Waals surface area contributed by atoms with E-state index in [2.05, 4.69) is 9.47 Å². The van der Waals surface area contributed by atoms with Gasteiger partial charge in [0.15, 0.2) is 0 Å². The Morgan fingerprint density at radius 3 is 1.00 bits per heavy atom. The first-order valence-corrected chi connectivity index (χ1v) is 8.03. The minimum absolute atomic E-state index is 0.285. The monoisotopic (exact) mass is 432 g/mol. The average Bonchev–Trinajstić information content (AvgIpc) is 2.54. The minimum Gasteiger partial charge on any atom is -0.336 e. The minimum atomic E-state index is -6.38. The molecule has 0 aliphatic carbocycles. The molecule has 14 heteroatoms. The lowest BCUT2D eigenvalue weighted by Gasteiger charge is -2.32. The van der Waals surface area contributed by atoms with Crippen LogP contribution in [0.15, 0.2) is 0 Å². The number of halogens is 8. The second-order valence-electron chi connectivity index (χ2n) is 5.23. The van der Waals surface area contributed by atoms with Crippen LogP contribution in [0.25, 0.3) is 0 Å². The van der Waals surface area contributed by atoms with Gasteiger partial charge in [-0.25, -0.2) is 9.47 Å². The van der Waals surface area contributed by atoms with Crippen molar-refractivity contribution >= 4 is 11.8 Å². The van der Waals surface area contributed by atoms with Gasteiger partial charge in [-0.2, -0.15) is 35.1 Å². The highest BCUT2D eigenvalue weighted by Gasteiger charge is 2.70. The summed E-state index contributed by atoms with van der Waals surface area (Å²) in [6.45, 7) is 3.15. The van der Waals surface area contributed by atoms with Gasteiger partial charge in [0.2, 0.25) is 0 Å². The van der Waals surface area contributed by atoms with Crippen molar-refractivity contribution in [2.75, 3.05) is 26.2 Å². The van der Waals surface area contributed by atoms with Crippen molar-refractivity contribution in [2.24, 2.45) is 0 Å². The summed E-state index contributed by atoms with van der Waals surface area (Å²) >= 11 is 0. The van der Waals surface area contributed by atoms with Crippen molar-refractivity contribution in [1.82, 2.24) is 9.80 Å². The van der Waals surface area contributed by atoms with Gasteiger partial charge in [0.1, 0.15) is 0 Å². The number of nitrogens with zero attached hydrogens (tertiary/aromatic N) is 2. The first-order chi connectivity index (χ1) is 12.5. The van der Waals surface area contributed by atoms with Gasteiger partial charge in [-0.1, -0.05) is 0 Å². The maximum absolute atomic E-state index is 13.6. The number of ether oxygens (including phenoxy) is 2. The molecule has 0 rings (SSSR count). The number of carbonyl (C=O) groups is 2. The molecule has 0 aliphatic rings. The molecule has 2 amide bonds. The smallest absolute Gasteiger partial charge is 0.336 e. The molecule has 0 aromatic carbocycles. The molecule has 0 aromatic rings. The third-order valence-corrected chi connectivity index (χ3v) is 3.45. The van der Waals surface area contributed by atoms with E-state index < -0.39 is 62.4 Å². The van der Waals surface area contributed by atoms with Gasteiger partial charge < -0.3 is 9.80 Å². The predicted octanol–water partition coefficient (Wildman–Crippen LogP) is 3.13. The summed E-state index contributed by atoms with van der Waals surface area (Å²) in [6, 6.07) is 0. The highest BCUT2D eigenvalue weighted by Crippen LogP contribution is 2.43. The average molecular weight is 432 g/mol. The third kappa shape index (κ3) is 5.90. The van der Waals surface area contributed by atoms with Gasteiger partial charge in [-0.15, -0.1) is 0 Å². The fourth-order valence-corrected chi connectivity index (χ4v) is 1.92. The van der Waals surface area contributed by atoms with Gasteiger partial charge >= 0.3 is 36.2 Å². The molecule has 0 unspecified atom stereocenters. The first kappa shape index (κ1) is 26.3. The van der Waals surface area contributed by atoms with Gasteiger partial charge in [0.25, 0.3) is 0 Å². The number of hydrogen-bond donors (Lipinski definition) is 0. The van der Waals surface area contributed by atoms with Crippen molar-refractivity contribution in [3.05, 3.63) is 0 Å². The topological polar surface area (TPSA) is 59.1 Å². The fraction of sp³-hybridized carbons (Fsp3) is 0.857. The van der Waals surface area contributed by atoms with E-state index in [-0.39, 0.29) is 9.80 Å². The van der Waals surface area contributed by atoms with Gasteiger partial charge in [-0.3, -0.25) is 9.59 Å². The zero-order valence-corrected chi connectivity index (χ0v) is 15.4. The molecule has 0 fully saturated rings. The molecule has 28 heavy (non-hydrogen) atoms. The molecular weight excluding hydrogens is 412 g/mol. The molecule has 0 atom stereocenters. The lowest BCUT2D eigenvalue weighted by molar-refractivity contribution is -0.500. The van der Waals surface area contributed by atoms with Crippen LogP contribution in [0.4, 0.5) is 35.1 Å². The van der Waals surface area contributed by atoms with Crippen LogP contribution in [-0.2, 0) is 19.1 Å². The largest absolute Gasteiger partial charge is 0.453 e. The van der Waals surface area contributed by atoms with Crippen molar-refractivity contribution in [3.63, 3.8) is 0 Å². The Kier molecular flexibility index (Phi) is 8.64. The SMILES string of the molecule is CCN(CC)C(=O)C(F)(F)OC(F)(F)C(F)(F)OC(F)(F)C(=O)N(CC)CC. The molecule has 0 aliphatic heterocycles. The van der Waals surface area contributed by atoms with Crippen LogP contribution < -0.4 is 0 Å². The van der Waals surface area contributed by atoms with E-state index in [0.29, 0.717) is 0 Å². The lowest BCUT2D eigenvalue weighted by atomic mass is 10.4. The number of carbonyl (C=O) groups excluding carboxylic acids is 2. The zero-order chi connectivity index (χ0) is 22.6. The normalized spacial score (nSPS) is 13.4. The van der Waals surface area contributed by atoms with Gasteiger partial charge in [0, 0.05) is 26.2 Å². The number of rotatable bonds is 11. The Bertz CT molecular complexity index is 503. The Hall–Kier alpha value is -1.70. The van der Waals surface area contributed by atoms with Crippen molar-refractivity contribution < 1.29 is 54.2 Å². The molecule has 0 saturated carbocycles. The molecule has 0 spiro atoms. The second kappa shape index (κ2) is 9.20. The summed E-state index contributed by atoms with van der Waals surface area (Å²) in [5.41, 5.74) is 0. The molecule has 0 bridgehead atoms. The highest BCUT2D eigenvalue weighted by molar-refractivity contribution is 5.82. The quantitative estimate of drug-likeness (QED) is 0.471. The highest BCUT2D eigenvalue weighted by atomic mass is 19.3. The maximum Gasteiger partial charge on any atom is 0.453 e. The van der Waals surface area contributed by atoms with Crippen LogP contribution in [0.1, 0.15) is 27.7 Å². The molecule has 0 saturated heterocycles. The summed E-state index contributed by atoms with van der Waals surface area (Å²) < 4.78 is 113. The van der Waals surface area contributed by atoms with Crippen LogP contribution in [0.5, 0.6) is 0 Å². The molecule has 166 valence electrons. The van der Waals surface area contributed by atoms with Crippen molar-refractivity contribution in [1.29, 1.82) is 0 Å². The Balaban J connectivity index is 5.58. The van der Waals surface area contributed by atoms with Crippen molar-refractivity contribution in [3.8, 4) is 0 Å². The molecule has 0 radical (unpaired) electrons. The van der Waals surface area contributed by atoms with Crippen LogP contribution in [0, 0.1) is 0 Å². The van der Waals surface area contributed by atoms with E-state index in [9.17, 15) is 44.7 Å². The molecule has 0 heterocycles. The Morgan fingerprint density at radius 1 is 0.607 bits per heavy atom. The van der Waals surface area contributed by atoms with Crippen LogP contribution in [0.3, 0.4) is 0 Å². The molecule has 6 nitrogen and oxygen atoms in total. The van der Waals surface area contributed by atoms with E-state index in [1.165, 1.54) is 27.7 Å². The fourth-order valence-electron chi connectivity index (χ4n) is 1.92. The van der Waals surface area contributed by atoms with Crippen LogP contribution in [-0.4, -0.2) is 72.2 Å². The Morgan fingerprint density at radius 2 is 0.821 bits per heavy atom. The number of alkyl halides is 8. The predicted molar refractivity (Wildman–Crippen MR) is 77.8 cm³/mol. The first-order valence-electron chi connectivity index (χ1n) is 8.03. The lowest BCUT2D eigenvalue weighted by Crippen LogP contribution is -2.57. The summed E-state index contributed by atoms with van der Waals surface area (Å²) in [4.78, 5) is 23.4. The maximum atomic E-state index is 13.6. The van der Waals surface area contributed by atoms with E-state index in [1.807, 2.05) is 0 Å². The Labute approximate surface area is 155 Å². The van der Waals surface area contributed by atoms with Crippen molar-refractivity contribution in [2.45, 2.75) is 52.1 Å². The van der Waals surface area contributed by atoms with Crippen LogP contribution >= 0.6 is 0 Å². The summed E-state index contributed by atoms with van der Waals surface area (Å²) in [7, 11) is 0. The van der Waals surface area contributed by atoms with E-state index >= 15 is 0 Å². The third-order valence-electron chi connectivity index (χ3n) is 3.45. The number of likely N-dealkylation sites (N-methyl/N-ethyl adjacent to an activating group) is 2. The molecule has 0 aromatic heterocycles. The van der Waals surface area contributed by atoms with E-state index in [4.69, 9.17) is 0 Å². The van der Waals surface area contributed by atoms with Gasteiger partial charge in [-0.05, 0) is 27.7 Å². The standard InChI is InChI=1S/C14H20F8N2O4/c1-5-23(6-2)9(25)11(15,16)27-13(19,20)14(21,22)28-12(17,18)10(26)24(7-3)8-4/h5-8H2,1-4H3. The summed E-state index contributed by atoms with van der Waals surface area (Å²) in [6.07, 6.45) is -23.7. The molecule has 0 N–H and O–H groups in total. The van der Waals surface area contributed by atoms with Gasteiger partial charge in [0.05, 0.1) is 0 Å². The van der Waals surface area contributed by atoms with Crippen LogP contribution in [0.2, 0.25) is 0 Å². The summed E-state index contributed by atoms with van der Waals surface area (Å²) in [5.74, 6) is -4.78. The molecular formula is C14H20F8N2O4.